The Morgan fingerprint density at radius 1 is 1.35 bits per heavy atom. The second kappa shape index (κ2) is 6.17. The maximum atomic E-state index is 14.9. The van der Waals surface area contributed by atoms with Crippen LogP contribution in [-0.4, -0.2) is 41.3 Å². The van der Waals surface area contributed by atoms with Gasteiger partial charge in [0.2, 0.25) is 9.84 Å². The van der Waals surface area contributed by atoms with Crippen LogP contribution >= 0.6 is 24.0 Å². The van der Waals surface area contributed by atoms with Gasteiger partial charge in [-0.1, -0.05) is 18.0 Å². The van der Waals surface area contributed by atoms with Gasteiger partial charge in [-0.3, -0.25) is 9.58 Å². The van der Waals surface area contributed by atoms with Gasteiger partial charge in [-0.15, -0.1) is 12.4 Å². The molecule has 1 aromatic rings. The third kappa shape index (κ3) is 2.95. The number of hydrogen-bond donors (Lipinski definition) is 0. The number of sulfone groups is 1. The fraction of sp³-hybridized carbons (Fsp3) is 0.727. The van der Waals surface area contributed by atoms with Crippen molar-refractivity contribution in [2.45, 2.75) is 36.3 Å². The van der Waals surface area contributed by atoms with E-state index in [1.807, 2.05) is 0 Å². The van der Waals surface area contributed by atoms with Crippen molar-refractivity contribution in [2.75, 3.05) is 13.1 Å². The molecule has 1 aromatic heterocycles. The lowest BCUT2D eigenvalue weighted by Gasteiger charge is -2.36. The summed E-state index contributed by atoms with van der Waals surface area (Å²) in [6.45, 7) is 1.98. The number of nitrogens with zero attached hydrogens (tertiary/aromatic N) is 3. The molecule has 2 heterocycles. The smallest absolute Gasteiger partial charge is 0.258 e. The number of rotatable bonds is 3. The van der Waals surface area contributed by atoms with Gasteiger partial charge in [0.1, 0.15) is 0 Å². The van der Waals surface area contributed by atoms with Gasteiger partial charge in [-0.2, -0.15) is 5.10 Å². The summed E-state index contributed by atoms with van der Waals surface area (Å²) in [6.07, 6.45) is 2.62. The lowest BCUT2D eigenvalue weighted by Crippen LogP contribution is -2.51. The summed E-state index contributed by atoms with van der Waals surface area (Å²) in [5, 5.41) is 1.15. The number of aryl methyl sites for hydroxylation is 1. The number of likely N-dealkylation sites (tertiary alicyclic amines) is 1. The largest absolute Gasteiger partial charge is 0.268 e. The fourth-order valence-electron chi connectivity index (χ4n) is 2.32. The van der Waals surface area contributed by atoms with Crippen molar-refractivity contribution >= 4 is 33.8 Å². The predicted molar refractivity (Wildman–Crippen MR) is 77.6 cm³/mol. The number of halogens is 3. The van der Waals surface area contributed by atoms with Crippen LogP contribution < -0.4 is 0 Å². The van der Waals surface area contributed by atoms with Crippen molar-refractivity contribution in [3.05, 3.63) is 11.2 Å². The van der Waals surface area contributed by atoms with E-state index >= 15 is 0 Å². The Kier molecular flexibility index (Phi) is 5.46. The van der Waals surface area contributed by atoms with Crippen LogP contribution in [0.25, 0.3) is 0 Å². The highest BCUT2D eigenvalue weighted by atomic mass is 35.5. The van der Waals surface area contributed by atoms with Gasteiger partial charge >= 0.3 is 0 Å². The summed E-state index contributed by atoms with van der Waals surface area (Å²) in [7, 11) is -2.74. The molecule has 116 valence electrons. The van der Waals surface area contributed by atoms with Crippen molar-refractivity contribution < 1.29 is 12.8 Å². The van der Waals surface area contributed by atoms with E-state index in [1.165, 1.54) is 18.0 Å². The molecule has 1 aliphatic heterocycles. The molecule has 1 unspecified atom stereocenters. The normalized spacial score (nSPS) is 20.2. The molecular weight excluding hydrogens is 328 g/mol. The average molecular weight is 346 g/mol. The minimum Gasteiger partial charge on any atom is -0.258 e. The second-order valence-corrected chi connectivity index (χ2v) is 7.41. The SMILES string of the molecule is Cl.Cn1nc(Cl)cc1S(=O)(=O)C(C)(F)N1CCCCC1. The zero-order valence-electron chi connectivity index (χ0n) is 11.3. The standard InChI is InChI=1S/C11H17ClFN3O2S.ClH/c1-11(13,16-6-4-3-5-7-16)19(17,18)10-8-9(12)14-15(10)2;/h8H,3-7H2,1-2H3;1H. The molecule has 0 amide bonds. The van der Waals surface area contributed by atoms with Crippen LogP contribution in [0.2, 0.25) is 5.15 Å². The van der Waals surface area contributed by atoms with Gasteiger partial charge in [0.25, 0.3) is 5.12 Å². The molecule has 5 nitrogen and oxygen atoms in total. The maximum Gasteiger partial charge on any atom is 0.268 e. The third-order valence-electron chi connectivity index (χ3n) is 3.49. The lowest BCUT2D eigenvalue weighted by atomic mass is 10.1. The molecule has 1 saturated heterocycles. The summed E-state index contributed by atoms with van der Waals surface area (Å²) in [5.41, 5.74) is 0. The summed E-state index contributed by atoms with van der Waals surface area (Å²) in [4.78, 5) is 1.37. The summed E-state index contributed by atoms with van der Waals surface area (Å²) in [5.74, 6) is 0. The minimum atomic E-state index is -4.17. The Morgan fingerprint density at radius 3 is 2.35 bits per heavy atom. The lowest BCUT2D eigenvalue weighted by molar-refractivity contribution is 0.0387. The van der Waals surface area contributed by atoms with Crippen LogP contribution in [-0.2, 0) is 16.9 Å². The molecule has 0 aromatic carbocycles. The fourth-order valence-corrected chi connectivity index (χ4v) is 4.16. The number of piperidine rings is 1. The van der Waals surface area contributed by atoms with Crippen molar-refractivity contribution in [3.63, 3.8) is 0 Å². The second-order valence-electron chi connectivity index (χ2n) is 4.85. The van der Waals surface area contributed by atoms with Crippen LogP contribution in [0.5, 0.6) is 0 Å². The Balaban J connectivity index is 0.00000200. The Bertz CT molecular complexity index is 568. The van der Waals surface area contributed by atoms with Crippen LogP contribution in [0, 0.1) is 0 Å². The van der Waals surface area contributed by atoms with E-state index in [-0.39, 0.29) is 22.6 Å². The first kappa shape index (κ1) is 17.7. The highest BCUT2D eigenvalue weighted by Gasteiger charge is 2.47. The highest BCUT2D eigenvalue weighted by Crippen LogP contribution is 2.33. The number of aromatic nitrogens is 2. The number of alkyl halides is 1. The first-order valence-corrected chi connectivity index (χ1v) is 8.01. The Morgan fingerprint density at radius 2 is 1.90 bits per heavy atom. The molecule has 0 radical (unpaired) electrons. The van der Waals surface area contributed by atoms with E-state index < -0.39 is 15.0 Å². The van der Waals surface area contributed by atoms with Crippen LogP contribution in [0.4, 0.5) is 4.39 Å². The van der Waals surface area contributed by atoms with E-state index in [4.69, 9.17) is 11.6 Å². The zero-order chi connectivity index (χ0) is 14.3. The molecular formula is C11H18Cl2FN3O2S. The molecule has 1 fully saturated rings. The monoisotopic (exact) mass is 345 g/mol. The van der Waals surface area contributed by atoms with E-state index in [1.54, 1.807) is 0 Å². The first-order chi connectivity index (χ1) is 8.76. The van der Waals surface area contributed by atoms with Gasteiger partial charge in [-0.25, -0.2) is 12.8 Å². The van der Waals surface area contributed by atoms with Crippen molar-refractivity contribution in [3.8, 4) is 0 Å². The Hall–Kier alpha value is -0.370. The molecule has 1 aliphatic rings. The molecule has 9 heteroatoms. The summed E-state index contributed by atoms with van der Waals surface area (Å²) >= 11 is 5.68. The van der Waals surface area contributed by atoms with Crippen molar-refractivity contribution in [1.82, 2.24) is 14.7 Å². The van der Waals surface area contributed by atoms with Gasteiger partial charge in [-0.05, 0) is 19.8 Å². The average Bonchev–Trinajstić information content (AvgIpc) is 2.70. The topological polar surface area (TPSA) is 55.2 Å². The van der Waals surface area contributed by atoms with E-state index in [0.29, 0.717) is 13.1 Å². The number of hydrogen-bond acceptors (Lipinski definition) is 4. The van der Waals surface area contributed by atoms with Gasteiger partial charge in [0.05, 0.1) is 0 Å². The molecule has 0 aliphatic carbocycles. The van der Waals surface area contributed by atoms with Crippen LogP contribution in [0.3, 0.4) is 0 Å². The maximum absolute atomic E-state index is 14.9. The Labute approximate surface area is 129 Å². The van der Waals surface area contributed by atoms with Gasteiger partial charge < -0.3 is 0 Å². The van der Waals surface area contributed by atoms with Gasteiger partial charge in [0.15, 0.2) is 10.2 Å². The highest BCUT2D eigenvalue weighted by molar-refractivity contribution is 7.92. The summed E-state index contributed by atoms with van der Waals surface area (Å²) in [6, 6.07) is 1.18. The first-order valence-electron chi connectivity index (χ1n) is 6.15. The molecule has 2 rings (SSSR count). The minimum absolute atomic E-state index is 0. The third-order valence-corrected chi connectivity index (χ3v) is 5.85. The van der Waals surface area contributed by atoms with E-state index in [9.17, 15) is 12.8 Å². The molecule has 0 N–H and O–H groups in total. The van der Waals surface area contributed by atoms with Crippen molar-refractivity contribution in [2.24, 2.45) is 7.05 Å². The predicted octanol–water partition coefficient (Wildman–Crippen LogP) is 2.40. The van der Waals surface area contributed by atoms with E-state index in [0.717, 1.165) is 30.9 Å². The van der Waals surface area contributed by atoms with Crippen LogP contribution in [0.15, 0.2) is 11.1 Å². The van der Waals surface area contributed by atoms with Gasteiger partial charge in [0, 0.05) is 26.2 Å². The molecule has 0 bridgehead atoms. The van der Waals surface area contributed by atoms with Crippen molar-refractivity contribution in [1.29, 1.82) is 0 Å². The quantitative estimate of drug-likeness (QED) is 0.789. The molecule has 0 saturated carbocycles. The van der Waals surface area contributed by atoms with E-state index in [2.05, 4.69) is 5.10 Å². The molecule has 1 atom stereocenters. The zero-order valence-corrected chi connectivity index (χ0v) is 13.7. The summed E-state index contributed by atoms with van der Waals surface area (Å²) < 4.78 is 40.9. The molecule has 0 spiro atoms. The molecule has 20 heavy (non-hydrogen) atoms. The van der Waals surface area contributed by atoms with Crippen LogP contribution in [0.1, 0.15) is 26.2 Å².